The number of aromatic nitrogens is 1. The molecule has 2 aromatic carbocycles. The van der Waals surface area contributed by atoms with Gasteiger partial charge < -0.3 is 24.0 Å². The van der Waals surface area contributed by atoms with Crippen LogP contribution in [0.3, 0.4) is 0 Å². The van der Waals surface area contributed by atoms with E-state index in [2.05, 4.69) is 35.8 Å². The number of non-ortho nitro benzene ring substituents is 1. The second-order valence-electron chi connectivity index (χ2n) is 5.25. The van der Waals surface area contributed by atoms with Crippen molar-refractivity contribution < 1.29 is 33.5 Å². The molecule has 122 valence electrons. The van der Waals surface area contributed by atoms with E-state index in [9.17, 15) is 10.1 Å². The van der Waals surface area contributed by atoms with Gasteiger partial charge in [-0.3, -0.25) is 10.1 Å². The highest BCUT2D eigenvalue weighted by Crippen LogP contribution is 2.16. The van der Waals surface area contributed by atoms with Crippen molar-refractivity contribution in [1.82, 2.24) is 0 Å². The fraction of sp³-hybridized carbons (Fsp3) is 0.105. The third-order valence-electron chi connectivity index (χ3n) is 3.82. The van der Waals surface area contributed by atoms with E-state index < -0.39 is 0 Å². The SMILES string of the molecule is CC[n+]1c(C=Cc2cccc([N+](=O)[O-])c2)ccc2ccccc21.[I-]. The van der Waals surface area contributed by atoms with Gasteiger partial charge in [0.2, 0.25) is 11.2 Å². The molecule has 24 heavy (non-hydrogen) atoms. The second kappa shape index (κ2) is 8.01. The predicted octanol–water partition coefficient (Wildman–Crippen LogP) is 1.23. The molecule has 1 heterocycles. The van der Waals surface area contributed by atoms with Crippen LogP contribution in [0.5, 0.6) is 0 Å². The average Bonchev–Trinajstić information content (AvgIpc) is 2.59. The molecule has 0 fully saturated rings. The van der Waals surface area contributed by atoms with Crippen LogP contribution in [0.1, 0.15) is 18.2 Å². The number of nitro groups is 1. The summed E-state index contributed by atoms with van der Waals surface area (Å²) < 4.78 is 2.23. The highest BCUT2D eigenvalue weighted by atomic mass is 127. The van der Waals surface area contributed by atoms with E-state index in [1.165, 1.54) is 17.0 Å². The Morgan fingerprint density at radius 3 is 2.58 bits per heavy atom. The van der Waals surface area contributed by atoms with Crippen molar-refractivity contribution in [3.63, 3.8) is 0 Å². The van der Waals surface area contributed by atoms with Gasteiger partial charge in [-0.25, -0.2) is 0 Å². The molecule has 0 unspecified atom stereocenters. The molecular formula is C19H17IN2O2. The van der Waals surface area contributed by atoms with Crippen molar-refractivity contribution in [1.29, 1.82) is 0 Å². The molecule has 5 heteroatoms. The van der Waals surface area contributed by atoms with Crippen LogP contribution in [-0.4, -0.2) is 4.92 Å². The number of nitrogens with zero attached hydrogens (tertiary/aromatic N) is 2. The van der Waals surface area contributed by atoms with Crippen LogP contribution in [0.4, 0.5) is 5.69 Å². The number of hydrogen-bond acceptors (Lipinski definition) is 2. The first-order chi connectivity index (χ1) is 11.2. The molecule has 0 aliphatic carbocycles. The van der Waals surface area contributed by atoms with Crippen LogP contribution in [0, 0.1) is 10.1 Å². The summed E-state index contributed by atoms with van der Waals surface area (Å²) in [6.07, 6.45) is 3.90. The monoisotopic (exact) mass is 432 g/mol. The minimum atomic E-state index is -0.375. The number of nitro benzene ring substituents is 1. The van der Waals surface area contributed by atoms with Crippen LogP contribution in [0.25, 0.3) is 23.1 Å². The van der Waals surface area contributed by atoms with Gasteiger partial charge in [-0.2, -0.15) is 4.57 Å². The Labute approximate surface area is 157 Å². The van der Waals surface area contributed by atoms with Gasteiger partial charge in [0.25, 0.3) is 5.69 Å². The summed E-state index contributed by atoms with van der Waals surface area (Å²) in [7, 11) is 0. The molecule has 0 saturated carbocycles. The van der Waals surface area contributed by atoms with Gasteiger partial charge in [0.1, 0.15) is 6.54 Å². The molecule has 0 bridgehead atoms. The lowest BCUT2D eigenvalue weighted by Crippen LogP contribution is -3.00. The molecule has 0 saturated heterocycles. The third-order valence-corrected chi connectivity index (χ3v) is 3.82. The molecule has 1 aromatic heterocycles. The topological polar surface area (TPSA) is 47.0 Å². The Balaban J connectivity index is 0.00000208. The Morgan fingerprint density at radius 1 is 1.04 bits per heavy atom. The van der Waals surface area contributed by atoms with Crippen LogP contribution >= 0.6 is 0 Å². The number of para-hydroxylation sites is 1. The molecule has 0 atom stereocenters. The molecule has 0 spiro atoms. The van der Waals surface area contributed by atoms with E-state index in [0.717, 1.165) is 17.8 Å². The second-order valence-corrected chi connectivity index (χ2v) is 5.25. The van der Waals surface area contributed by atoms with Gasteiger partial charge in [0.05, 0.1) is 4.92 Å². The molecule has 0 aliphatic rings. The number of halogens is 1. The maximum absolute atomic E-state index is 10.9. The lowest BCUT2D eigenvalue weighted by Gasteiger charge is -2.02. The van der Waals surface area contributed by atoms with Crippen LogP contribution in [-0.2, 0) is 6.54 Å². The summed E-state index contributed by atoms with van der Waals surface area (Å²) in [4.78, 5) is 10.5. The lowest BCUT2D eigenvalue weighted by molar-refractivity contribution is -0.669. The van der Waals surface area contributed by atoms with E-state index in [1.54, 1.807) is 12.1 Å². The van der Waals surface area contributed by atoms with Gasteiger partial charge in [0, 0.05) is 35.7 Å². The molecular weight excluding hydrogens is 415 g/mol. The zero-order valence-corrected chi connectivity index (χ0v) is 15.4. The zero-order chi connectivity index (χ0) is 16.2. The molecule has 4 nitrogen and oxygen atoms in total. The zero-order valence-electron chi connectivity index (χ0n) is 13.2. The summed E-state index contributed by atoms with van der Waals surface area (Å²) in [5.74, 6) is 0. The van der Waals surface area contributed by atoms with E-state index in [1.807, 2.05) is 30.4 Å². The average molecular weight is 432 g/mol. The minimum absolute atomic E-state index is 0. The van der Waals surface area contributed by atoms with Crippen molar-refractivity contribution in [3.05, 3.63) is 82.0 Å². The lowest BCUT2D eigenvalue weighted by atomic mass is 10.1. The summed E-state index contributed by atoms with van der Waals surface area (Å²) in [5, 5.41) is 12.0. The molecule has 0 N–H and O–H groups in total. The molecule has 3 rings (SSSR count). The Kier molecular flexibility index (Phi) is 6.03. The first kappa shape index (κ1) is 18.1. The van der Waals surface area contributed by atoms with Crippen LogP contribution in [0.2, 0.25) is 0 Å². The molecule has 0 amide bonds. The van der Waals surface area contributed by atoms with E-state index >= 15 is 0 Å². The number of pyridine rings is 1. The molecule has 0 aliphatic heterocycles. The molecule has 0 radical (unpaired) electrons. The van der Waals surface area contributed by atoms with Gasteiger partial charge in [-0.15, -0.1) is 0 Å². The smallest absolute Gasteiger partial charge is 0.270 e. The van der Waals surface area contributed by atoms with E-state index in [4.69, 9.17) is 0 Å². The van der Waals surface area contributed by atoms with Gasteiger partial charge in [0.15, 0.2) is 0 Å². The third kappa shape index (κ3) is 3.79. The molecule has 3 aromatic rings. The van der Waals surface area contributed by atoms with E-state index in [0.29, 0.717) is 0 Å². The number of fused-ring (bicyclic) bond motifs is 1. The summed E-state index contributed by atoms with van der Waals surface area (Å²) in [6.45, 7) is 2.97. The van der Waals surface area contributed by atoms with Crippen LogP contribution < -0.4 is 28.5 Å². The van der Waals surface area contributed by atoms with Gasteiger partial charge in [-0.1, -0.05) is 24.3 Å². The minimum Gasteiger partial charge on any atom is -1.00 e. The Bertz CT molecular complexity index is 907. The Morgan fingerprint density at radius 2 is 1.83 bits per heavy atom. The van der Waals surface area contributed by atoms with Crippen LogP contribution in [0.15, 0.2) is 60.7 Å². The number of benzene rings is 2. The summed E-state index contributed by atoms with van der Waals surface area (Å²) in [6, 6.07) is 19.1. The first-order valence-corrected chi connectivity index (χ1v) is 7.53. The first-order valence-electron chi connectivity index (χ1n) is 7.53. The summed E-state index contributed by atoms with van der Waals surface area (Å²) in [5.41, 5.74) is 3.16. The van der Waals surface area contributed by atoms with Gasteiger partial charge >= 0.3 is 0 Å². The fourth-order valence-corrected chi connectivity index (χ4v) is 2.70. The highest BCUT2D eigenvalue weighted by Gasteiger charge is 2.11. The van der Waals surface area contributed by atoms with Crippen molar-refractivity contribution >= 4 is 28.7 Å². The standard InChI is InChI=1S/C19H17N2O2.HI/c1-2-20-17(13-11-16-7-3-4-9-19(16)20)12-10-15-6-5-8-18(14-15)21(22)23;/h3-14H,2H2,1H3;1H/q+1;/p-1. The largest absolute Gasteiger partial charge is 1.00 e. The summed E-state index contributed by atoms with van der Waals surface area (Å²) >= 11 is 0. The number of aryl methyl sites for hydroxylation is 1. The van der Waals surface area contributed by atoms with Crippen molar-refractivity contribution in [3.8, 4) is 0 Å². The number of hydrogen-bond donors (Lipinski definition) is 0. The van der Waals surface area contributed by atoms with Crippen molar-refractivity contribution in [2.45, 2.75) is 13.5 Å². The fourth-order valence-electron chi connectivity index (χ4n) is 2.70. The normalized spacial score (nSPS) is 10.7. The van der Waals surface area contributed by atoms with Crippen molar-refractivity contribution in [2.24, 2.45) is 0 Å². The van der Waals surface area contributed by atoms with Crippen molar-refractivity contribution in [2.75, 3.05) is 0 Å². The quantitative estimate of drug-likeness (QED) is 0.270. The van der Waals surface area contributed by atoms with Gasteiger partial charge in [-0.05, 0) is 30.7 Å². The Hall–Kier alpha value is -2.28. The maximum Gasteiger partial charge on any atom is 0.270 e. The number of rotatable bonds is 4. The predicted molar refractivity (Wildman–Crippen MR) is 91.8 cm³/mol. The highest BCUT2D eigenvalue weighted by molar-refractivity contribution is 5.77. The van der Waals surface area contributed by atoms with E-state index in [-0.39, 0.29) is 34.6 Å². The maximum atomic E-state index is 10.9.